The molecule has 1 aliphatic heterocycles. The number of nitrogens with zero attached hydrogens (tertiary/aromatic N) is 2. The Morgan fingerprint density at radius 2 is 2.10 bits per heavy atom. The van der Waals surface area contributed by atoms with Crippen molar-refractivity contribution in [2.75, 3.05) is 19.6 Å². The van der Waals surface area contributed by atoms with Gasteiger partial charge in [-0.05, 0) is 32.6 Å². The minimum atomic E-state index is 0.0726. The molecule has 0 amide bonds. The van der Waals surface area contributed by atoms with E-state index in [1.54, 1.807) is 11.3 Å². The molecule has 1 aromatic rings. The van der Waals surface area contributed by atoms with E-state index in [2.05, 4.69) is 34.4 Å². The van der Waals surface area contributed by atoms with Crippen LogP contribution in [0.5, 0.6) is 0 Å². The summed E-state index contributed by atoms with van der Waals surface area (Å²) in [4.78, 5) is 7.20. The first kappa shape index (κ1) is 14.5. The van der Waals surface area contributed by atoms with Crippen molar-refractivity contribution in [3.05, 3.63) is 16.6 Å². The average molecular weight is 293 g/mol. The van der Waals surface area contributed by atoms with Crippen molar-refractivity contribution in [2.45, 2.75) is 57.5 Å². The minimum absolute atomic E-state index is 0.0726. The standard InChI is InChI=1S/C16H27N3S/c1-16(2,15-18-9-11-20-15)19-10-8-17-14(12-19)13-6-4-3-5-7-13/h9,11,13-14,17H,3-8,10,12H2,1-2H3. The van der Waals surface area contributed by atoms with Gasteiger partial charge in [0.2, 0.25) is 0 Å². The van der Waals surface area contributed by atoms with E-state index in [0.29, 0.717) is 6.04 Å². The molecular weight excluding hydrogens is 266 g/mol. The van der Waals surface area contributed by atoms with Gasteiger partial charge in [0.25, 0.3) is 0 Å². The summed E-state index contributed by atoms with van der Waals surface area (Å²) in [5.41, 5.74) is 0.0726. The van der Waals surface area contributed by atoms with E-state index >= 15 is 0 Å². The summed E-state index contributed by atoms with van der Waals surface area (Å²) in [5, 5.41) is 7.12. The Hall–Kier alpha value is -0.450. The molecular formula is C16H27N3S. The SMILES string of the molecule is CC(C)(c1nccs1)N1CCNC(C2CCCCC2)C1. The van der Waals surface area contributed by atoms with Crippen molar-refractivity contribution in [3.8, 4) is 0 Å². The van der Waals surface area contributed by atoms with Crippen LogP contribution < -0.4 is 5.32 Å². The third kappa shape index (κ3) is 2.92. The first-order chi connectivity index (χ1) is 9.68. The van der Waals surface area contributed by atoms with Crippen LogP contribution in [0.25, 0.3) is 0 Å². The van der Waals surface area contributed by atoms with E-state index in [-0.39, 0.29) is 5.54 Å². The van der Waals surface area contributed by atoms with E-state index in [9.17, 15) is 0 Å². The van der Waals surface area contributed by atoms with Crippen molar-refractivity contribution in [1.82, 2.24) is 15.2 Å². The third-order valence-corrected chi connectivity index (χ3v) is 6.26. The molecule has 1 aromatic heterocycles. The zero-order chi connectivity index (χ0) is 14.0. The fourth-order valence-corrected chi connectivity index (χ4v) is 4.59. The van der Waals surface area contributed by atoms with Crippen LogP contribution in [0, 0.1) is 5.92 Å². The Balaban J connectivity index is 1.68. The highest BCUT2D eigenvalue weighted by Crippen LogP contribution is 2.33. The molecule has 1 unspecified atom stereocenters. The zero-order valence-electron chi connectivity index (χ0n) is 12.8. The summed E-state index contributed by atoms with van der Waals surface area (Å²) < 4.78 is 0. The zero-order valence-corrected chi connectivity index (χ0v) is 13.6. The van der Waals surface area contributed by atoms with Gasteiger partial charge in [0, 0.05) is 37.3 Å². The summed E-state index contributed by atoms with van der Waals surface area (Å²) in [6.45, 7) is 8.09. The lowest BCUT2D eigenvalue weighted by Crippen LogP contribution is -2.58. The van der Waals surface area contributed by atoms with Crippen LogP contribution in [0.1, 0.15) is 51.0 Å². The van der Waals surface area contributed by atoms with Gasteiger partial charge in [-0.15, -0.1) is 11.3 Å². The lowest BCUT2D eigenvalue weighted by Gasteiger charge is -2.45. The van der Waals surface area contributed by atoms with Crippen LogP contribution in [0.15, 0.2) is 11.6 Å². The van der Waals surface area contributed by atoms with Gasteiger partial charge >= 0.3 is 0 Å². The van der Waals surface area contributed by atoms with Crippen LogP contribution in [0.3, 0.4) is 0 Å². The quantitative estimate of drug-likeness (QED) is 0.927. The van der Waals surface area contributed by atoms with Gasteiger partial charge in [-0.3, -0.25) is 4.90 Å². The van der Waals surface area contributed by atoms with Gasteiger partial charge in [-0.2, -0.15) is 0 Å². The average Bonchev–Trinajstić information content (AvgIpc) is 3.03. The topological polar surface area (TPSA) is 28.2 Å². The fraction of sp³-hybridized carbons (Fsp3) is 0.812. The molecule has 2 fully saturated rings. The highest BCUT2D eigenvalue weighted by molar-refractivity contribution is 7.09. The molecule has 3 rings (SSSR count). The van der Waals surface area contributed by atoms with Crippen molar-refractivity contribution < 1.29 is 0 Å². The molecule has 1 saturated heterocycles. The van der Waals surface area contributed by atoms with Crippen molar-refractivity contribution in [3.63, 3.8) is 0 Å². The van der Waals surface area contributed by atoms with E-state index in [0.717, 1.165) is 19.0 Å². The van der Waals surface area contributed by atoms with Gasteiger partial charge in [0.15, 0.2) is 0 Å². The van der Waals surface area contributed by atoms with E-state index < -0.39 is 0 Å². The van der Waals surface area contributed by atoms with E-state index in [1.807, 2.05) is 6.20 Å². The monoisotopic (exact) mass is 293 g/mol. The highest BCUT2D eigenvalue weighted by atomic mass is 32.1. The Morgan fingerprint density at radius 3 is 2.80 bits per heavy atom. The third-order valence-electron chi connectivity index (χ3n) is 5.17. The lowest BCUT2D eigenvalue weighted by molar-refractivity contribution is 0.0592. The Morgan fingerprint density at radius 1 is 1.30 bits per heavy atom. The summed E-state index contributed by atoms with van der Waals surface area (Å²) in [6.07, 6.45) is 9.07. The van der Waals surface area contributed by atoms with E-state index in [1.165, 1.54) is 43.7 Å². The number of nitrogens with one attached hydrogen (secondary N) is 1. The van der Waals surface area contributed by atoms with Crippen LogP contribution in [0.4, 0.5) is 0 Å². The fourth-order valence-electron chi connectivity index (χ4n) is 3.80. The molecule has 112 valence electrons. The number of rotatable bonds is 3. The van der Waals surface area contributed by atoms with E-state index in [4.69, 9.17) is 0 Å². The first-order valence-electron chi connectivity index (χ1n) is 8.06. The second-order valence-corrected chi connectivity index (χ2v) is 7.70. The van der Waals surface area contributed by atoms with Crippen molar-refractivity contribution in [2.24, 2.45) is 5.92 Å². The Labute approximate surface area is 126 Å². The lowest BCUT2D eigenvalue weighted by atomic mass is 9.82. The van der Waals surface area contributed by atoms with Crippen LogP contribution >= 0.6 is 11.3 Å². The molecule has 20 heavy (non-hydrogen) atoms. The smallest absolute Gasteiger partial charge is 0.112 e. The van der Waals surface area contributed by atoms with Crippen molar-refractivity contribution in [1.29, 1.82) is 0 Å². The molecule has 1 aliphatic carbocycles. The molecule has 1 N–H and O–H groups in total. The number of thiazole rings is 1. The van der Waals surface area contributed by atoms with Gasteiger partial charge < -0.3 is 5.32 Å². The van der Waals surface area contributed by atoms with Gasteiger partial charge in [-0.1, -0.05) is 19.3 Å². The Bertz CT molecular complexity index is 409. The molecule has 2 heterocycles. The maximum Gasteiger partial charge on any atom is 0.112 e. The van der Waals surface area contributed by atoms with Gasteiger partial charge in [0.1, 0.15) is 5.01 Å². The summed E-state index contributed by atoms with van der Waals surface area (Å²) in [5.74, 6) is 0.888. The Kier molecular flexibility index (Phi) is 4.43. The van der Waals surface area contributed by atoms with Crippen LogP contribution in [0.2, 0.25) is 0 Å². The molecule has 3 nitrogen and oxygen atoms in total. The first-order valence-corrected chi connectivity index (χ1v) is 8.94. The summed E-state index contributed by atoms with van der Waals surface area (Å²) in [7, 11) is 0. The molecule has 0 aromatic carbocycles. The van der Waals surface area contributed by atoms with Gasteiger partial charge in [-0.25, -0.2) is 4.98 Å². The second kappa shape index (κ2) is 6.12. The molecule has 2 aliphatic rings. The maximum atomic E-state index is 4.56. The van der Waals surface area contributed by atoms with Crippen LogP contribution in [-0.4, -0.2) is 35.6 Å². The summed E-state index contributed by atoms with van der Waals surface area (Å²) in [6, 6.07) is 0.684. The summed E-state index contributed by atoms with van der Waals surface area (Å²) >= 11 is 1.79. The molecule has 1 saturated carbocycles. The number of aromatic nitrogens is 1. The second-order valence-electron chi connectivity index (χ2n) is 6.80. The minimum Gasteiger partial charge on any atom is -0.311 e. The maximum absolute atomic E-state index is 4.56. The molecule has 0 bridgehead atoms. The molecule has 0 spiro atoms. The number of hydrogen-bond acceptors (Lipinski definition) is 4. The number of hydrogen-bond donors (Lipinski definition) is 1. The normalized spacial score (nSPS) is 26.8. The van der Waals surface area contributed by atoms with Crippen molar-refractivity contribution >= 4 is 11.3 Å². The predicted molar refractivity (Wildman–Crippen MR) is 85.1 cm³/mol. The molecule has 1 atom stereocenters. The van der Waals surface area contributed by atoms with Gasteiger partial charge in [0.05, 0.1) is 5.54 Å². The number of piperazine rings is 1. The highest BCUT2D eigenvalue weighted by Gasteiger charge is 2.36. The molecule has 0 radical (unpaired) electrons. The predicted octanol–water partition coefficient (Wildman–Crippen LogP) is 3.23. The van der Waals surface area contributed by atoms with Crippen LogP contribution in [-0.2, 0) is 5.54 Å². The largest absolute Gasteiger partial charge is 0.311 e. The molecule has 4 heteroatoms.